The van der Waals surface area contributed by atoms with Crippen molar-refractivity contribution in [2.75, 3.05) is 20.2 Å². The highest BCUT2D eigenvalue weighted by Crippen LogP contribution is 2.36. The fraction of sp³-hybridized carbons (Fsp3) is 0.364. The van der Waals surface area contributed by atoms with Crippen molar-refractivity contribution in [1.29, 1.82) is 0 Å². The van der Waals surface area contributed by atoms with Crippen LogP contribution in [0.15, 0.2) is 47.3 Å². The Bertz CT molecular complexity index is 1140. The number of likely N-dealkylation sites (tertiary alicyclic amines) is 1. The number of amides is 1. The summed E-state index contributed by atoms with van der Waals surface area (Å²) in [7, 11) is 3.58. The Morgan fingerprint density at radius 1 is 1.11 bits per heavy atom. The van der Waals surface area contributed by atoms with E-state index in [-0.39, 0.29) is 17.4 Å². The van der Waals surface area contributed by atoms with E-state index in [1.165, 1.54) is 0 Å². The first kappa shape index (κ1) is 17.1. The van der Waals surface area contributed by atoms with Gasteiger partial charge in [0.15, 0.2) is 0 Å². The van der Waals surface area contributed by atoms with Gasteiger partial charge in [-0.05, 0) is 42.7 Å². The summed E-state index contributed by atoms with van der Waals surface area (Å²) in [6.07, 6.45) is 1.04. The number of carbonyl (C=O) groups excluding carboxylic acids is 1. The molecular formula is C22H23N3O3. The normalized spacial score (nSPS) is 20.9. The summed E-state index contributed by atoms with van der Waals surface area (Å²) in [6.45, 7) is 2.05. The Labute approximate surface area is 162 Å². The predicted octanol–water partition coefficient (Wildman–Crippen LogP) is 2.61. The first-order valence-electron chi connectivity index (χ1n) is 9.67. The van der Waals surface area contributed by atoms with E-state index < -0.39 is 0 Å². The van der Waals surface area contributed by atoms with Gasteiger partial charge in [-0.2, -0.15) is 0 Å². The van der Waals surface area contributed by atoms with Crippen molar-refractivity contribution in [3.05, 3.63) is 64.2 Å². The molecule has 1 aromatic carbocycles. The molecule has 0 spiro atoms. The van der Waals surface area contributed by atoms with E-state index in [1.54, 1.807) is 13.2 Å². The van der Waals surface area contributed by atoms with Crippen LogP contribution in [0.1, 0.15) is 28.5 Å². The second-order valence-corrected chi connectivity index (χ2v) is 7.92. The van der Waals surface area contributed by atoms with Crippen molar-refractivity contribution >= 4 is 16.8 Å². The molecule has 3 aromatic rings. The molecule has 1 saturated heterocycles. The molecule has 0 saturated carbocycles. The molecule has 0 N–H and O–H groups in total. The van der Waals surface area contributed by atoms with Crippen molar-refractivity contribution in [3.8, 4) is 5.75 Å². The number of hydrogen-bond donors (Lipinski definition) is 0. The van der Waals surface area contributed by atoms with Gasteiger partial charge < -0.3 is 18.8 Å². The number of nitrogens with zero attached hydrogens (tertiary/aromatic N) is 3. The highest BCUT2D eigenvalue weighted by atomic mass is 16.5. The quantitative estimate of drug-likeness (QED) is 0.690. The zero-order chi connectivity index (χ0) is 19.4. The smallest absolute Gasteiger partial charge is 0.270 e. The zero-order valence-corrected chi connectivity index (χ0v) is 16.1. The fourth-order valence-electron chi connectivity index (χ4n) is 4.88. The van der Waals surface area contributed by atoms with E-state index in [1.807, 2.05) is 57.5 Å². The van der Waals surface area contributed by atoms with Gasteiger partial charge in [0.2, 0.25) is 0 Å². The number of carbonyl (C=O) groups is 1. The van der Waals surface area contributed by atoms with E-state index in [9.17, 15) is 9.59 Å². The lowest BCUT2D eigenvalue weighted by atomic mass is 9.83. The molecule has 0 unspecified atom stereocenters. The largest absolute Gasteiger partial charge is 0.497 e. The minimum Gasteiger partial charge on any atom is -0.497 e. The number of aromatic nitrogens is 2. The fourth-order valence-corrected chi connectivity index (χ4v) is 4.88. The highest BCUT2D eigenvalue weighted by Gasteiger charge is 2.37. The number of rotatable bonds is 2. The average molecular weight is 377 g/mol. The molecule has 2 aliphatic heterocycles. The molecule has 1 fully saturated rings. The highest BCUT2D eigenvalue weighted by molar-refractivity contribution is 5.99. The first-order chi connectivity index (χ1) is 13.5. The molecule has 5 rings (SSSR count). The van der Waals surface area contributed by atoms with E-state index >= 15 is 0 Å². The predicted molar refractivity (Wildman–Crippen MR) is 107 cm³/mol. The van der Waals surface area contributed by atoms with Gasteiger partial charge in [0, 0.05) is 55.3 Å². The lowest BCUT2D eigenvalue weighted by Gasteiger charge is -2.42. The van der Waals surface area contributed by atoms with Crippen LogP contribution >= 0.6 is 0 Å². The second kappa shape index (κ2) is 6.26. The summed E-state index contributed by atoms with van der Waals surface area (Å²) >= 11 is 0. The van der Waals surface area contributed by atoms with Gasteiger partial charge in [-0.15, -0.1) is 0 Å². The Hall–Kier alpha value is -3.02. The third kappa shape index (κ3) is 2.55. The summed E-state index contributed by atoms with van der Waals surface area (Å²) in [6, 6.07) is 13.3. The first-order valence-corrected chi connectivity index (χ1v) is 9.67. The average Bonchev–Trinajstić information content (AvgIpc) is 3.04. The summed E-state index contributed by atoms with van der Waals surface area (Å²) in [5, 5.41) is 0.999. The number of ether oxygens (including phenoxy) is 1. The van der Waals surface area contributed by atoms with E-state index in [0.29, 0.717) is 31.2 Å². The molecule has 2 aliphatic rings. The lowest BCUT2D eigenvalue weighted by molar-refractivity contribution is 0.0585. The summed E-state index contributed by atoms with van der Waals surface area (Å²) in [4.78, 5) is 27.5. The molecule has 6 heteroatoms. The van der Waals surface area contributed by atoms with Gasteiger partial charge in [0.1, 0.15) is 11.4 Å². The molecule has 1 amide bonds. The maximum Gasteiger partial charge on any atom is 0.270 e. The van der Waals surface area contributed by atoms with E-state index in [2.05, 4.69) is 0 Å². The topological polar surface area (TPSA) is 56.5 Å². The minimum absolute atomic E-state index is 0.0547. The van der Waals surface area contributed by atoms with Crippen molar-refractivity contribution in [1.82, 2.24) is 14.0 Å². The summed E-state index contributed by atoms with van der Waals surface area (Å²) in [5.74, 6) is 1.39. The number of benzene rings is 1. The van der Waals surface area contributed by atoms with Crippen molar-refractivity contribution in [2.24, 2.45) is 13.0 Å². The van der Waals surface area contributed by atoms with Crippen LogP contribution in [0.2, 0.25) is 0 Å². The van der Waals surface area contributed by atoms with Crippen molar-refractivity contribution in [2.45, 2.75) is 18.9 Å². The van der Waals surface area contributed by atoms with Crippen LogP contribution in [0.5, 0.6) is 5.75 Å². The Kier molecular flexibility index (Phi) is 3.82. The molecule has 2 bridgehead atoms. The number of piperidine rings is 1. The van der Waals surface area contributed by atoms with E-state index in [0.717, 1.165) is 28.8 Å². The number of hydrogen-bond acceptors (Lipinski definition) is 3. The third-order valence-electron chi connectivity index (χ3n) is 6.24. The van der Waals surface area contributed by atoms with Gasteiger partial charge in [-0.3, -0.25) is 9.59 Å². The molecule has 0 aliphatic carbocycles. The van der Waals surface area contributed by atoms with Crippen LogP contribution in [0.3, 0.4) is 0 Å². The third-order valence-corrected chi connectivity index (χ3v) is 6.24. The van der Waals surface area contributed by atoms with Crippen molar-refractivity contribution < 1.29 is 9.53 Å². The number of aryl methyl sites for hydroxylation is 1. The SMILES string of the molecule is COc1ccc2c(c1)cc(C(=O)N1C[C@H]3C[C@@H](C1)c1cccc(=O)n1C3)n2C. The molecule has 2 atom stereocenters. The van der Waals surface area contributed by atoms with Crippen LogP contribution in [-0.2, 0) is 13.6 Å². The van der Waals surface area contributed by atoms with E-state index in [4.69, 9.17) is 4.74 Å². The van der Waals surface area contributed by atoms with Crippen molar-refractivity contribution in [3.63, 3.8) is 0 Å². The van der Waals surface area contributed by atoms with Crippen LogP contribution in [0.25, 0.3) is 10.9 Å². The lowest BCUT2D eigenvalue weighted by Crippen LogP contribution is -2.49. The molecule has 6 nitrogen and oxygen atoms in total. The second-order valence-electron chi connectivity index (χ2n) is 7.92. The molecule has 0 radical (unpaired) electrons. The molecule has 2 aromatic heterocycles. The zero-order valence-electron chi connectivity index (χ0n) is 16.1. The Morgan fingerprint density at radius 2 is 1.96 bits per heavy atom. The maximum atomic E-state index is 13.4. The van der Waals surface area contributed by atoms with Crippen LogP contribution in [0, 0.1) is 5.92 Å². The monoisotopic (exact) mass is 377 g/mol. The standard InChI is InChI=1S/C22H23N3O3/c1-23-18-7-6-17(28-2)9-15(18)10-20(23)22(27)24-11-14-8-16(13-24)19-4-3-5-21(26)25(19)12-14/h3-7,9-10,14,16H,8,11-13H2,1-2H3/t14-,16+/m1/s1. The Morgan fingerprint density at radius 3 is 2.79 bits per heavy atom. The molecule has 4 heterocycles. The molecular weight excluding hydrogens is 354 g/mol. The van der Waals surface area contributed by atoms with Gasteiger partial charge >= 0.3 is 0 Å². The van der Waals surface area contributed by atoms with Gasteiger partial charge in [-0.25, -0.2) is 0 Å². The van der Waals surface area contributed by atoms with Crippen LogP contribution < -0.4 is 10.3 Å². The summed E-state index contributed by atoms with van der Waals surface area (Å²) < 4.78 is 9.16. The molecule has 28 heavy (non-hydrogen) atoms. The molecule has 144 valence electrons. The van der Waals surface area contributed by atoms with Gasteiger partial charge in [-0.1, -0.05) is 6.07 Å². The number of fused-ring (bicyclic) bond motifs is 5. The number of methoxy groups -OCH3 is 1. The minimum atomic E-state index is 0.0547. The van der Waals surface area contributed by atoms with Gasteiger partial charge in [0.05, 0.1) is 7.11 Å². The number of pyridine rings is 1. The van der Waals surface area contributed by atoms with Crippen LogP contribution in [0.4, 0.5) is 0 Å². The maximum absolute atomic E-state index is 13.4. The Balaban J connectivity index is 1.48. The van der Waals surface area contributed by atoms with Crippen LogP contribution in [-0.4, -0.2) is 40.1 Å². The van der Waals surface area contributed by atoms with Gasteiger partial charge in [0.25, 0.3) is 11.5 Å². The summed E-state index contributed by atoms with van der Waals surface area (Å²) in [5.41, 5.74) is 2.82.